The van der Waals surface area contributed by atoms with Crippen LogP contribution < -0.4 is 10.6 Å². The minimum Gasteiger partial charge on any atom is -0.387 e. The lowest BCUT2D eigenvalue weighted by molar-refractivity contribution is -0.387. The van der Waals surface area contributed by atoms with Gasteiger partial charge in [0.1, 0.15) is 0 Å². The lowest BCUT2D eigenvalue weighted by Gasteiger charge is -2.13. The number of nitro benzene ring substituents is 1. The summed E-state index contributed by atoms with van der Waals surface area (Å²) < 4.78 is 50.8. The Hall–Kier alpha value is -3.54. The van der Waals surface area contributed by atoms with Gasteiger partial charge in [-0.1, -0.05) is 12.1 Å². The van der Waals surface area contributed by atoms with E-state index >= 15 is 0 Å². The van der Waals surface area contributed by atoms with Crippen LogP contribution in [-0.2, 0) is 15.8 Å². The first-order valence-corrected chi connectivity index (χ1v) is 7.87. The highest BCUT2D eigenvalue weighted by atomic mass is 19.4. The molecule has 154 valence electrons. The number of hydrogen-bond donors (Lipinski definition) is 3. The number of nitrogens with zero attached hydrogens (tertiary/aromatic N) is 1. The summed E-state index contributed by atoms with van der Waals surface area (Å²) in [4.78, 5) is 33.2. The maximum Gasteiger partial charge on any atom is 0.416 e. The smallest absolute Gasteiger partial charge is 0.387 e. The van der Waals surface area contributed by atoms with Crippen LogP contribution in [0.2, 0.25) is 0 Å². The average Bonchev–Trinajstić information content (AvgIpc) is 2.66. The van der Waals surface area contributed by atoms with Gasteiger partial charge in [0.15, 0.2) is 0 Å². The number of nitro groups is 1. The van der Waals surface area contributed by atoms with Crippen LogP contribution in [0.5, 0.6) is 0 Å². The van der Waals surface area contributed by atoms with Crippen LogP contribution in [0.15, 0.2) is 42.5 Å². The fourth-order valence-corrected chi connectivity index (χ4v) is 2.20. The number of aliphatic hydroxyl groups is 1. The zero-order chi connectivity index (χ0) is 21.8. The maximum absolute atomic E-state index is 13.3. The molecule has 1 unspecified atom stereocenters. The molecule has 12 heteroatoms. The van der Waals surface area contributed by atoms with E-state index in [4.69, 9.17) is 0 Å². The third-order valence-corrected chi connectivity index (χ3v) is 3.69. The topological polar surface area (TPSA) is 122 Å². The normalized spacial score (nSPS) is 12.2. The van der Waals surface area contributed by atoms with Gasteiger partial charge in [-0.15, -0.1) is 0 Å². The second kappa shape index (κ2) is 8.65. The highest BCUT2D eigenvalue weighted by Crippen LogP contribution is 2.29. The summed E-state index contributed by atoms with van der Waals surface area (Å²) in [5, 5.41) is 24.7. The number of nitrogens with one attached hydrogen (secondary N) is 2. The quantitative estimate of drug-likeness (QED) is 0.300. The number of carbonyl (C=O) groups excluding carboxylic acids is 2. The molecule has 2 aromatic rings. The molecule has 2 aromatic carbocycles. The van der Waals surface area contributed by atoms with Gasteiger partial charge in [0.2, 0.25) is 5.82 Å². The van der Waals surface area contributed by atoms with Gasteiger partial charge < -0.3 is 15.7 Å². The second-order valence-corrected chi connectivity index (χ2v) is 5.72. The van der Waals surface area contributed by atoms with Crippen molar-refractivity contribution in [3.8, 4) is 0 Å². The van der Waals surface area contributed by atoms with Crippen LogP contribution in [0.4, 0.5) is 28.9 Å². The molecule has 0 saturated heterocycles. The minimum atomic E-state index is -4.54. The molecule has 2 amide bonds. The van der Waals surface area contributed by atoms with Gasteiger partial charge in [0.05, 0.1) is 16.6 Å². The predicted molar refractivity (Wildman–Crippen MR) is 91.1 cm³/mol. The summed E-state index contributed by atoms with van der Waals surface area (Å²) in [6.07, 6.45) is -5.92. The largest absolute Gasteiger partial charge is 0.416 e. The molecule has 0 fully saturated rings. The van der Waals surface area contributed by atoms with Crippen LogP contribution in [0.1, 0.15) is 17.2 Å². The third kappa shape index (κ3) is 5.72. The monoisotopic (exact) mass is 415 g/mol. The molecule has 0 bridgehead atoms. The second-order valence-electron chi connectivity index (χ2n) is 5.72. The predicted octanol–water partition coefficient (Wildman–Crippen LogP) is 2.54. The van der Waals surface area contributed by atoms with E-state index in [-0.39, 0.29) is 11.3 Å². The van der Waals surface area contributed by atoms with Crippen molar-refractivity contribution in [3.63, 3.8) is 0 Å². The van der Waals surface area contributed by atoms with Gasteiger partial charge in [0.25, 0.3) is 0 Å². The number of halogens is 4. The standard InChI is InChI=1S/C17H13F4N3O5/c18-12-6-5-11(7-13(12)24(28)29)23-16(27)15(26)22-8-14(25)9-1-3-10(4-2-9)17(19,20)21/h1-7,14,25H,8H2,(H,22,26)(H,23,27). The number of carbonyl (C=O) groups is 2. The van der Waals surface area contributed by atoms with Crippen molar-refractivity contribution in [2.24, 2.45) is 0 Å². The highest BCUT2D eigenvalue weighted by Gasteiger charge is 2.30. The van der Waals surface area contributed by atoms with Crippen molar-refractivity contribution in [1.82, 2.24) is 5.32 Å². The molecular formula is C17H13F4N3O5. The minimum absolute atomic E-state index is 0.0767. The number of rotatable bonds is 5. The van der Waals surface area contributed by atoms with Crippen LogP contribution >= 0.6 is 0 Å². The summed E-state index contributed by atoms with van der Waals surface area (Å²) >= 11 is 0. The third-order valence-electron chi connectivity index (χ3n) is 3.69. The number of anilines is 1. The molecule has 0 aliphatic heterocycles. The molecule has 8 nitrogen and oxygen atoms in total. The Kier molecular flexibility index (Phi) is 6.49. The Balaban J connectivity index is 1.94. The van der Waals surface area contributed by atoms with Gasteiger partial charge in [0, 0.05) is 18.3 Å². The van der Waals surface area contributed by atoms with Crippen molar-refractivity contribution in [1.29, 1.82) is 0 Å². The Bertz CT molecular complexity index is 932. The first kappa shape index (κ1) is 21.8. The first-order chi connectivity index (χ1) is 13.5. The van der Waals surface area contributed by atoms with E-state index in [1.54, 1.807) is 0 Å². The number of amides is 2. The summed E-state index contributed by atoms with van der Waals surface area (Å²) in [6.45, 7) is -0.485. The zero-order valence-corrected chi connectivity index (χ0v) is 14.4. The molecule has 0 aliphatic rings. The molecule has 0 radical (unpaired) electrons. The maximum atomic E-state index is 13.3. The lowest BCUT2D eigenvalue weighted by atomic mass is 10.1. The van der Waals surface area contributed by atoms with E-state index in [0.29, 0.717) is 0 Å². The molecule has 2 rings (SSSR count). The summed E-state index contributed by atoms with van der Waals surface area (Å²) in [7, 11) is 0. The van der Waals surface area contributed by atoms with Gasteiger partial charge in [-0.2, -0.15) is 17.6 Å². The fourth-order valence-electron chi connectivity index (χ4n) is 2.20. The molecule has 1 atom stereocenters. The number of aliphatic hydroxyl groups excluding tert-OH is 1. The SMILES string of the molecule is O=C(NCC(O)c1ccc(C(F)(F)F)cc1)C(=O)Nc1ccc(F)c([N+](=O)[O-])c1. The Morgan fingerprint density at radius 3 is 2.28 bits per heavy atom. The molecular weight excluding hydrogens is 402 g/mol. The van der Waals surface area contributed by atoms with Crippen molar-refractivity contribution >= 4 is 23.2 Å². The number of alkyl halides is 3. The van der Waals surface area contributed by atoms with E-state index in [1.165, 1.54) is 0 Å². The number of hydrogen-bond acceptors (Lipinski definition) is 5. The summed E-state index contributed by atoms with van der Waals surface area (Å²) in [6, 6.07) is 6.03. The number of benzene rings is 2. The first-order valence-electron chi connectivity index (χ1n) is 7.87. The molecule has 0 aliphatic carbocycles. The average molecular weight is 415 g/mol. The molecule has 0 heterocycles. The van der Waals surface area contributed by atoms with Gasteiger partial charge in [-0.3, -0.25) is 19.7 Å². The Morgan fingerprint density at radius 1 is 1.10 bits per heavy atom. The van der Waals surface area contributed by atoms with E-state index in [9.17, 15) is 42.4 Å². The molecule has 0 aromatic heterocycles. The molecule has 3 N–H and O–H groups in total. The summed E-state index contributed by atoms with van der Waals surface area (Å²) in [5.41, 5.74) is -1.94. The molecule has 0 spiro atoms. The van der Waals surface area contributed by atoms with Gasteiger partial charge in [-0.05, 0) is 29.8 Å². The van der Waals surface area contributed by atoms with Gasteiger partial charge >= 0.3 is 23.7 Å². The Morgan fingerprint density at radius 2 is 1.72 bits per heavy atom. The van der Waals surface area contributed by atoms with Crippen LogP contribution in [0.3, 0.4) is 0 Å². The highest BCUT2D eigenvalue weighted by molar-refractivity contribution is 6.39. The Labute approximate surface area is 160 Å². The van der Waals surface area contributed by atoms with Crippen molar-refractivity contribution in [3.05, 3.63) is 69.5 Å². The van der Waals surface area contributed by atoms with E-state index in [1.807, 2.05) is 5.32 Å². The zero-order valence-electron chi connectivity index (χ0n) is 14.4. The van der Waals surface area contributed by atoms with Crippen LogP contribution in [0, 0.1) is 15.9 Å². The van der Waals surface area contributed by atoms with Crippen molar-refractivity contribution in [2.45, 2.75) is 12.3 Å². The van der Waals surface area contributed by atoms with Crippen LogP contribution in [-0.4, -0.2) is 28.4 Å². The summed E-state index contributed by atoms with van der Waals surface area (Å²) in [5.74, 6) is -3.59. The van der Waals surface area contributed by atoms with E-state index in [0.717, 1.165) is 42.5 Å². The fraction of sp³-hybridized carbons (Fsp3) is 0.176. The molecule has 29 heavy (non-hydrogen) atoms. The van der Waals surface area contributed by atoms with E-state index < -0.39 is 52.6 Å². The van der Waals surface area contributed by atoms with Crippen LogP contribution in [0.25, 0.3) is 0 Å². The van der Waals surface area contributed by atoms with Gasteiger partial charge in [-0.25, -0.2) is 0 Å². The van der Waals surface area contributed by atoms with E-state index in [2.05, 4.69) is 5.32 Å². The van der Waals surface area contributed by atoms with Crippen molar-refractivity contribution in [2.75, 3.05) is 11.9 Å². The lowest BCUT2D eigenvalue weighted by Crippen LogP contribution is -2.37. The molecule has 0 saturated carbocycles. The van der Waals surface area contributed by atoms with Crippen molar-refractivity contribution < 1.29 is 37.2 Å².